The minimum Gasteiger partial charge on any atom is -0.313 e. The Morgan fingerprint density at radius 3 is 2.20 bits per heavy atom. The predicted molar refractivity (Wildman–Crippen MR) is 88.9 cm³/mol. The summed E-state index contributed by atoms with van der Waals surface area (Å²) < 4.78 is 0. The summed E-state index contributed by atoms with van der Waals surface area (Å²) in [5.41, 5.74) is 2.80. The van der Waals surface area contributed by atoms with Gasteiger partial charge in [-0.2, -0.15) is 0 Å². The first-order chi connectivity index (χ1) is 9.67. The highest BCUT2D eigenvalue weighted by molar-refractivity contribution is 5.22. The summed E-state index contributed by atoms with van der Waals surface area (Å²) in [6.07, 6.45) is 3.95. The highest BCUT2D eigenvalue weighted by Gasteiger charge is 2.09. The van der Waals surface area contributed by atoms with Crippen molar-refractivity contribution in [1.29, 1.82) is 0 Å². The van der Waals surface area contributed by atoms with Gasteiger partial charge in [-0.25, -0.2) is 0 Å². The molecule has 1 aromatic carbocycles. The van der Waals surface area contributed by atoms with Crippen molar-refractivity contribution in [3.63, 3.8) is 0 Å². The lowest BCUT2D eigenvalue weighted by molar-refractivity contribution is 0.208. The summed E-state index contributed by atoms with van der Waals surface area (Å²) in [5.74, 6) is 0. The molecule has 0 aliphatic rings. The van der Waals surface area contributed by atoms with E-state index < -0.39 is 0 Å². The van der Waals surface area contributed by atoms with E-state index >= 15 is 0 Å². The van der Waals surface area contributed by atoms with Gasteiger partial charge in [-0.3, -0.25) is 4.90 Å². The standard InChI is InChI=1S/C18H32N2/c1-5-7-8-13-20(16(3)4)15-18-11-9-17(10-12-18)14-19-6-2/h9-12,16,19H,5-8,13-15H2,1-4H3. The topological polar surface area (TPSA) is 15.3 Å². The number of benzene rings is 1. The molecule has 1 rings (SSSR count). The molecule has 0 heterocycles. The smallest absolute Gasteiger partial charge is 0.0236 e. The van der Waals surface area contributed by atoms with Crippen LogP contribution in [-0.4, -0.2) is 24.0 Å². The van der Waals surface area contributed by atoms with Crippen LogP contribution < -0.4 is 5.32 Å². The third kappa shape index (κ3) is 6.53. The lowest BCUT2D eigenvalue weighted by Crippen LogP contribution is -2.31. The van der Waals surface area contributed by atoms with Gasteiger partial charge in [-0.1, -0.05) is 51.0 Å². The maximum atomic E-state index is 3.37. The van der Waals surface area contributed by atoms with Crippen LogP contribution in [0.15, 0.2) is 24.3 Å². The number of nitrogens with zero attached hydrogens (tertiary/aromatic N) is 1. The third-order valence-electron chi connectivity index (χ3n) is 3.77. The quantitative estimate of drug-likeness (QED) is 0.644. The summed E-state index contributed by atoms with van der Waals surface area (Å²) in [6, 6.07) is 9.68. The van der Waals surface area contributed by atoms with Crippen molar-refractivity contribution in [2.75, 3.05) is 13.1 Å². The molecule has 0 amide bonds. The van der Waals surface area contributed by atoms with Crippen molar-refractivity contribution in [3.05, 3.63) is 35.4 Å². The fourth-order valence-corrected chi connectivity index (χ4v) is 2.35. The average Bonchev–Trinajstić information content (AvgIpc) is 2.45. The van der Waals surface area contributed by atoms with E-state index in [4.69, 9.17) is 0 Å². The van der Waals surface area contributed by atoms with Gasteiger partial charge in [0.25, 0.3) is 0 Å². The molecular formula is C18H32N2. The molecule has 0 unspecified atom stereocenters. The normalized spacial score (nSPS) is 11.5. The number of nitrogens with one attached hydrogen (secondary N) is 1. The van der Waals surface area contributed by atoms with Crippen molar-refractivity contribution in [1.82, 2.24) is 10.2 Å². The molecule has 0 radical (unpaired) electrons. The Morgan fingerprint density at radius 1 is 1.00 bits per heavy atom. The number of hydrogen-bond acceptors (Lipinski definition) is 2. The second kappa shape index (κ2) is 9.95. The Bertz CT molecular complexity index is 343. The molecule has 0 saturated carbocycles. The maximum absolute atomic E-state index is 3.37. The van der Waals surface area contributed by atoms with E-state index in [2.05, 4.69) is 62.2 Å². The highest BCUT2D eigenvalue weighted by atomic mass is 15.1. The molecule has 0 aromatic heterocycles. The SMILES string of the molecule is CCCCCN(Cc1ccc(CNCC)cc1)C(C)C. The minimum atomic E-state index is 0.619. The second-order valence-electron chi connectivity index (χ2n) is 5.87. The molecule has 0 atom stereocenters. The van der Waals surface area contributed by atoms with Gasteiger partial charge in [0.2, 0.25) is 0 Å². The Morgan fingerprint density at radius 2 is 1.65 bits per heavy atom. The Kier molecular flexibility index (Phi) is 8.56. The molecule has 0 fully saturated rings. The average molecular weight is 276 g/mol. The summed E-state index contributed by atoms with van der Waals surface area (Å²) in [4.78, 5) is 2.58. The molecule has 2 heteroatoms. The van der Waals surface area contributed by atoms with E-state index in [0.717, 1.165) is 19.6 Å². The fraction of sp³-hybridized carbons (Fsp3) is 0.667. The number of unbranched alkanes of at least 4 members (excludes halogenated alkanes) is 2. The fourth-order valence-electron chi connectivity index (χ4n) is 2.35. The molecule has 1 aromatic rings. The Hall–Kier alpha value is -0.860. The van der Waals surface area contributed by atoms with Gasteiger partial charge in [0, 0.05) is 19.1 Å². The van der Waals surface area contributed by atoms with Crippen LogP contribution in [-0.2, 0) is 13.1 Å². The number of rotatable bonds is 10. The molecule has 114 valence electrons. The molecular weight excluding hydrogens is 244 g/mol. The van der Waals surface area contributed by atoms with Crippen LogP contribution in [0.4, 0.5) is 0 Å². The van der Waals surface area contributed by atoms with Gasteiger partial charge < -0.3 is 5.32 Å². The van der Waals surface area contributed by atoms with Gasteiger partial charge in [-0.15, -0.1) is 0 Å². The van der Waals surface area contributed by atoms with Crippen molar-refractivity contribution in [2.45, 2.75) is 66.1 Å². The second-order valence-corrected chi connectivity index (χ2v) is 5.87. The Balaban J connectivity index is 2.50. The van der Waals surface area contributed by atoms with E-state index in [1.54, 1.807) is 0 Å². The zero-order valence-corrected chi connectivity index (χ0v) is 13.8. The molecule has 0 bridgehead atoms. The zero-order valence-electron chi connectivity index (χ0n) is 13.8. The Labute approximate surface area is 125 Å². The predicted octanol–water partition coefficient (Wildman–Crippen LogP) is 4.20. The molecule has 0 aliphatic heterocycles. The summed E-state index contributed by atoms with van der Waals surface area (Å²) >= 11 is 0. The van der Waals surface area contributed by atoms with Crippen LogP contribution in [0.25, 0.3) is 0 Å². The molecule has 2 nitrogen and oxygen atoms in total. The lowest BCUT2D eigenvalue weighted by atomic mass is 10.1. The molecule has 0 saturated heterocycles. The zero-order chi connectivity index (χ0) is 14.8. The van der Waals surface area contributed by atoms with E-state index in [-0.39, 0.29) is 0 Å². The first kappa shape index (κ1) is 17.2. The van der Waals surface area contributed by atoms with Crippen LogP contribution in [0.3, 0.4) is 0 Å². The van der Waals surface area contributed by atoms with E-state index in [1.165, 1.54) is 36.9 Å². The molecule has 0 aliphatic carbocycles. The van der Waals surface area contributed by atoms with Gasteiger partial charge in [0.1, 0.15) is 0 Å². The first-order valence-electron chi connectivity index (χ1n) is 8.20. The summed E-state index contributed by atoms with van der Waals surface area (Å²) in [5, 5.41) is 3.37. The van der Waals surface area contributed by atoms with Crippen LogP contribution in [0.2, 0.25) is 0 Å². The summed E-state index contributed by atoms with van der Waals surface area (Å²) in [6.45, 7) is 13.3. The van der Waals surface area contributed by atoms with Crippen LogP contribution in [0.5, 0.6) is 0 Å². The van der Waals surface area contributed by atoms with E-state index in [9.17, 15) is 0 Å². The van der Waals surface area contributed by atoms with Gasteiger partial charge >= 0.3 is 0 Å². The van der Waals surface area contributed by atoms with Crippen molar-refractivity contribution in [3.8, 4) is 0 Å². The third-order valence-corrected chi connectivity index (χ3v) is 3.77. The van der Waals surface area contributed by atoms with Crippen LogP contribution in [0.1, 0.15) is 58.1 Å². The van der Waals surface area contributed by atoms with Gasteiger partial charge in [0.05, 0.1) is 0 Å². The number of hydrogen-bond donors (Lipinski definition) is 1. The molecule has 1 N–H and O–H groups in total. The lowest BCUT2D eigenvalue weighted by Gasteiger charge is -2.26. The van der Waals surface area contributed by atoms with Crippen molar-refractivity contribution >= 4 is 0 Å². The minimum absolute atomic E-state index is 0.619. The summed E-state index contributed by atoms with van der Waals surface area (Å²) in [7, 11) is 0. The van der Waals surface area contributed by atoms with Gasteiger partial charge in [-0.05, 0) is 44.5 Å². The first-order valence-corrected chi connectivity index (χ1v) is 8.20. The monoisotopic (exact) mass is 276 g/mol. The van der Waals surface area contributed by atoms with Gasteiger partial charge in [0.15, 0.2) is 0 Å². The van der Waals surface area contributed by atoms with E-state index in [0.29, 0.717) is 6.04 Å². The molecule has 20 heavy (non-hydrogen) atoms. The van der Waals surface area contributed by atoms with E-state index in [1.807, 2.05) is 0 Å². The van der Waals surface area contributed by atoms with Crippen LogP contribution >= 0.6 is 0 Å². The van der Waals surface area contributed by atoms with Crippen LogP contribution in [0, 0.1) is 0 Å². The van der Waals surface area contributed by atoms with Crippen molar-refractivity contribution < 1.29 is 0 Å². The largest absolute Gasteiger partial charge is 0.313 e. The maximum Gasteiger partial charge on any atom is 0.0236 e. The van der Waals surface area contributed by atoms with Crippen molar-refractivity contribution in [2.24, 2.45) is 0 Å². The molecule has 0 spiro atoms. The highest BCUT2D eigenvalue weighted by Crippen LogP contribution is 2.11.